The highest BCUT2D eigenvalue weighted by Crippen LogP contribution is 2.31. The second-order valence-electron chi connectivity index (χ2n) is 5.59. The quantitative estimate of drug-likeness (QED) is 0.925. The third-order valence-corrected chi connectivity index (χ3v) is 4.16. The minimum Gasteiger partial charge on any atom is -0.367 e. The van der Waals surface area contributed by atoms with Gasteiger partial charge in [-0.3, -0.25) is 4.68 Å². The van der Waals surface area contributed by atoms with Gasteiger partial charge < -0.3 is 10.2 Å². The van der Waals surface area contributed by atoms with Crippen LogP contribution >= 0.6 is 0 Å². The zero-order valence-electron chi connectivity index (χ0n) is 12.4. The van der Waals surface area contributed by atoms with Gasteiger partial charge in [-0.05, 0) is 37.6 Å². The average Bonchev–Trinajstić information content (AvgIpc) is 3.05. The predicted octanol–water partition coefficient (Wildman–Crippen LogP) is 2.26. The lowest BCUT2D eigenvalue weighted by molar-refractivity contribution is 0.652. The molecule has 1 N–H and O–H groups in total. The largest absolute Gasteiger partial charge is 0.367 e. The van der Waals surface area contributed by atoms with Crippen molar-refractivity contribution < 1.29 is 0 Å². The van der Waals surface area contributed by atoms with Crippen molar-refractivity contribution in [2.75, 3.05) is 18.5 Å². The Kier molecular flexibility index (Phi) is 3.49. The Labute approximate surface area is 120 Å². The molecule has 4 nitrogen and oxygen atoms in total. The molecule has 0 saturated carbocycles. The smallest absolute Gasteiger partial charge is 0.0539 e. The van der Waals surface area contributed by atoms with Gasteiger partial charge >= 0.3 is 0 Å². The van der Waals surface area contributed by atoms with E-state index in [2.05, 4.69) is 46.6 Å². The van der Waals surface area contributed by atoms with Crippen LogP contribution in [0.4, 0.5) is 5.69 Å². The standard InChI is InChI=1S/C16H22N4/c1-12(17-2)14-4-5-16-15(8-14)6-7-20(16)11-13-9-18-19(3)10-13/h4-5,8-10,12,17H,6-7,11H2,1-3H3. The first-order chi connectivity index (χ1) is 9.67. The van der Waals surface area contributed by atoms with Crippen LogP contribution in [0, 0.1) is 0 Å². The van der Waals surface area contributed by atoms with Crippen LogP contribution < -0.4 is 10.2 Å². The Bertz CT molecular complexity index is 602. The monoisotopic (exact) mass is 270 g/mol. The Balaban J connectivity index is 1.80. The maximum Gasteiger partial charge on any atom is 0.0539 e. The van der Waals surface area contributed by atoms with Gasteiger partial charge in [-0.15, -0.1) is 0 Å². The maximum absolute atomic E-state index is 4.24. The van der Waals surface area contributed by atoms with E-state index in [-0.39, 0.29) is 0 Å². The number of nitrogens with zero attached hydrogens (tertiary/aromatic N) is 3. The second kappa shape index (κ2) is 5.29. The van der Waals surface area contributed by atoms with E-state index >= 15 is 0 Å². The number of anilines is 1. The summed E-state index contributed by atoms with van der Waals surface area (Å²) >= 11 is 0. The third-order valence-electron chi connectivity index (χ3n) is 4.16. The first-order valence-corrected chi connectivity index (χ1v) is 7.20. The summed E-state index contributed by atoms with van der Waals surface area (Å²) in [7, 11) is 3.97. The van der Waals surface area contributed by atoms with E-state index < -0.39 is 0 Å². The van der Waals surface area contributed by atoms with Crippen LogP contribution in [0.25, 0.3) is 0 Å². The van der Waals surface area contributed by atoms with Crippen LogP contribution in [0.2, 0.25) is 0 Å². The van der Waals surface area contributed by atoms with Crippen molar-refractivity contribution in [3.05, 3.63) is 47.3 Å². The summed E-state index contributed by atoms with van der Waals surface area (Å²) in [5, 5.41) is 7.55. The Morgan fingerprint density at radius 2 is 2.25 bits per heavy atom. The molecule has 1 atom stereocenters. The second-order valence-corrected chi connectivity index (χ2v) is 5.59. The SMILES string of the molecule is CNC(C)c1ccc2c(c1)CCN2Cc1cnn(C)c1. The van der Waals surface area contributed by atoms with Crippen molar-refractivity contribution in [3.63, 3.8) is 0 Å². The molecular formula is C16H22N4. The molecule has 1 aliphatic rings. The molecule has 2 aromatic rings. The number of aryl methyl sites for hydroxylation is 1. The molecule has 0 bridgehead atoms. The van der Waals surface area contributed by atoms with Crippen molar-refractivity contribution in [1.82, 2.24) is 15.1 Å². The van der Waals surface area contributed by atoms with E-state index in [9.17, 15) is 0 Å². The van der Waals surface area contributed by atoms with Crippen molar-refractivity contribution in [2.45, 2.75) is 25.9 Å². The summed E-state index contributed by atoms with van der Waals surface area (Å²) in [5.74, 6) is 0. The van der Waals surface area contributed by atoms with Gasteiger partial charge in [0.15, 0.2) is 0 Å². The lowest BCUT2D eigenvalue weighted by Gasteiger charge is -2.19. The highest BCUT2D eigenvalue weighted by Gasteiger charge is 2.20. The van der Waals surface area contributed by atoms with Gasteiger partial charge in [0.2, 0.25) is 0 Å². The van der Waals surface area contributed by atoms with Crippen LogP contribution in [-0.2, 0) is 20.0 Å². The van der Waals surface area contributed by atoms with E-state index in [0.717, 1.165) is 19.5 Å². The molecule has 3 rings (SSSR count). The molecule has 0 amide bonds. The Morgan fingerprint density at radius 3 is 2.95 bits per heavy atom. The average molecular weight is 270 g/mol. The zero-order chi connectivity index (χ0) is 14.1. The van der Waals surface area contributed by atoms with Crippen LogP contribution in [0.15, 0.2) is 30.6 Å². The minimum absolute atomic E-state index is 0.410. The number of nitrogens with one attached hydrogen (secondary N) is 1. The number of hydrogen-bond donors (Lipinski definition) is 1. The van der Waals surface area contributed by atoms with Gasteiger partial charge in [-0.25, -0.2) is 0 Å². The van der Waals surface area contributed by atoms with Crippen molar-refractivity contribution >= 4 is 5.69 Å². The highest BCUT2D eigenvalue weighted by atomic mass is 15.2. The first-order valence-electron chi connectivity index (χ1n) is 7.20. The number of benzene rings is 1. The van der Waals surface area contributed by atoms with Crippen LogP contribution in [0.1, 0.15) is 29.7 Å². The van der Waals surface area contributed by atoms with E-state index in [4.69, 9.17) is 0 Å². The van der Waals surface area contributed by atoms with E-state index in [1.54, 1.807) is 0 Å². The first kappa shape index (κ1) is 13.2. The summed E-state index contributed by atoms with van der Waals surface area (Å²) in [6.07, 6.45) is 5.19. The van der Waals surface area contributed by atoms with Crippen molar-refractivity contribution in [3.8, 4) is 0 Å². The fourth-order valence-electron chi connectivity index (χ4n) is 2.86. The summed E-state index contributed by atoms with van der Waals surface area (Å²) in [6.45, 7) is 4.24. The van der Waals surface area contributed by atoms with Gasteiger partial charge in [0.05, 0.1) is 6.20 Å². The molecule has 0 radical (unpaired) electrons. The Hall–Kier alpha value is -1.81. The van der Waals surface area contributed by atoms with Gasteiger partial charge in [0.25, 0.3) is 0 Å². The third kappa shape index (κ3) is 2.43. The normalized spacial score (nSPS) is 15.4. The van der Waals surface area contributed by atoms with Crippen LogP contribution in [-0.4, -0.2) is 23.4 Å². The number of rotatable bonds is 4. The van der Waals surface area contributed by atoms with Crippen molar-refractivity contribution in [2.24, 2.45) is 7.05 Å². The summed E-state index contributed by atoms with van der Waals surface area (Å²) < 4.78 is 1.87. The molecule has 1 aliphatic heterocycles. The van der Waals surface area contributed by atoms with E-state index in [0.29, 0.717) is 6.04 Å². The summed E-state index contributed by atoms with van der Waals surface area (Å²) in [5.41, 5.74) is 5.48. The molecule has 1 aromatic carbocycles. The molecule has 20 heavy (non-hydrogen) atoms. The molecule has 0 aliphatic carbocycles. The summed E-state index contributed by atoms with van der Waals surface area (Å²) in [6, 6.07) is 7.26. The molecule has 2 heterocycles. The van der Waals surface area contributed by atoms with Gasteiger partial charge in [0.1, 0.15) is 0 Å². The number of fused-ring (bicyclic) bond motifs is 1. The molecule has 0 saturated heterocycles. The van der Waals surface area contributed by atoms with Crippen LogP contribution in [0.3, 0.4) is 0 Å². The summed E-state index contributed by atoms with van der Waals surface area (Å²) in [4.78, 5) is 2.44. The van der Waals surface area contributed by atoms with E-state index in [1.807, 2.05) is 25.0 Å². The molecular weight excluding hydrogens is 248 g/mol. The molecule has 106 valence electrons. The van der Waals surface area contributed by atoms with Crippen LogP contribution in [0.5, 0.6) is 0 Å². The highest BCUT2D eigenvalue weighted by molar-refractivity contribution is 5.59. The zero-order valence-corrected chi connectivity index (χ0v) is 12.4. The van der Waals surface area contributed by atoms with E-state index in [1.165, 1.54) is 22.4 Å². The molecule has 1 aromatic heterocycles. The molecule has 1 unspecified atom stereocenters. The van der Waals surface area contributed by atoms with Gasteiger partial charge in [-0.2, -0.15) is 5.10 Å². The fourth-order valence-corrected chi connectivity index (χ4v) is 2.86. The predicted molar refractivity (Wildman–Crippen MR) is 81.9 cm³/mol. The molecule has 0 spiro atoms. The number of hydrogen-bond acceptors (Lipinski definition) is 3. The number of aromatic nitrogens is 2. The fraction of sp³-hybridized carbons (Fsp3) is 0.438. The minimum atomic E-state index is 0.410. The molecule has 0 fully saturated rings. The Morgan fingerprint density at radius 1 is 1.40 bits per heavy atom. The lowest BCUT2D eigenvalue weighted by Crippen LogP contribution is -2.19. The molecule has 4 heteroatoms. The van der Waals surface area contributed by atoms with Gasteiger partial charge in [0, 0.05) is 43.6 Å². The topological polar surface area (TPSA) is 33.1 Å². The lowest BCUT2D eigenvalue weighted by atomic mass is 10.0. The maximum atomic E-state index is 4.24. The van der Waals surface area contributed by atoms with Crippen molar-refractivity contribution in [1.29, 1.82) is 0 Å². The van der Waals surface area contributed by atoms with Gasteiger partial charge in [-0.1, -0.05) is 12.1 Å².